The lowest BCUT2D eigenvalue weighted by Crippen LogP contribution is -2.23. The monoisotopic (exact) mass is 303 g/mol. The van der Waals surface area contributed by atoms with Gasteiger partial charge >= 0.3 is 0 Å². The molecule has 4 nitrogen and oxygen atoms in total. The predicted octanol–water partition coefficient (Wildman–Crippen LogP) is 1.87. The maximum Gasteiger partial charge on any atom is 0.150 e. The van der Waals surface area contributed by atoms with E-state index in [1.807, 2.05) is 18.2 Å². The first kappa shape index (κ1) is 14.6. The Labute approximate surface area is 119 Å². The summed E-state index contributed by atoms with van der Waals surface area (Å²) in [5.41, 5.74) is 1.06. The third kappa shape index (κ3) is 4.09. The quantitative estimate of drug-likeness (QED) is 0.902. The summed E-state index contributed by atoms with van der Waals surface area (Å²) in [6.45, 7) is 1.41. The number of nitrogens with one attached hydrogen (secondary N) is 1. The van der Waals surface area contributed by atoms with Gasteiger partial charge in [0.2, 0.25) is 0 Å². The average Bonchev–Trinajstić information content (AvgIpc) is 2.69. The van der Waals surface area contributed by atoms with Crippen molar-refractivity contribution in [2.45, 2.75) is 13.0 Å². The second-order valence-corrected chi connectivity index (χ2v) is 7.50. The summed E-state index contributed by atoms with van der Waals surface area (Å²) in [4.78, 5) is 0. The van der Waals surface area contributed by atoms with E-state index in [0.717, 1.165) is 18.5 Å². The second kappa shape index (κ2) is 6.11. The van der Waals surface area contributed by atoms with Crippen molar-refractivity contribution in [1.29, 1.82) is 0 Å². The van der Waals surface area contributed by atoms with Crippen LogP contribution >= 0.6 is 11.6 Å². The maximum absolute atomic E-state index is 11.3. The van der Waals surface area contributed by atoms with Crippen LogP contribution in [0.15, 0.2) is 18.2 Å². The zero-order valence-corrected chi connectivity index (χ0v) is 12.4. The number of benzene rings is 1. The summed E-state index contributed by atoms with van der Waals surface area (Å²) in [7, 11) is -1.20. The summed E-state index contributed by atoms with van der Waals surface area (Å²) < 4.78 is 27.7. The highest BCUT2D eigenvalue weighted by Crippen LogP contribution is 2.25. The third-order valence-corrected chi connectivity index (χ3v) is 5.44. The molecule has 2 rings (SSSR count). The summed E-state index contributed by atoms with van der Waals surface area (Å²) in [5.74, 6) is 1.53. The van der Waals surface area contributed by atoms with Gasteiger partial charge in [-0.25, -0.2) is 8.42 Å². The topological polar surface area (TPSA) is 55.4 Å². The third-order valence-electron chi connectivity index (χ3n) is 3.31. The summed E-state index contributed by atoms with van der Waals surface area (Å²) in [6.07, 6.45) is 0.763. The van der Waals surface area contributed by atoms with Crippen LogP contribution in [-0.2, 0) is 16.4 Å². The number of halogens is 1. The Bertz CT molecular complexity index is 545. The van der Waals surface area contributed by atoms with Gasteiger partial charge < -0.3 is 10.1 Å². The summed E-state index contributed by atoms with van der Waals surface area (Å²) >= 11 is 6.04. The van der Waals surface area contributed by atoms with Gasteiger partial charge in [-0.3, -0.25) is 0 Å². The van der Waals surface area contributed by atoms with Crippen LogP contribution in [0.25, 0.3) is 0 Å². The number of rotatable bonds is 5. The molecule has 0 aromatic heterocycles. The summed E-state index contributed by atoms with van der Waals surface area (Å²) in [5, 5.41) is 3.87. The van der Waals surface area contributed by atoms with E-state index in [4.69, 9.17) is 16.3 Å². The SMILES string of the molecule is COc1ccc(CNCC2CCS(=O)(=O)C2)cc1Cl. The van der Waals surface area contributed by atoms with Gasteiger partial charge in [-0.05, 0) is 36.6 Å². The van der Waals surface area contributed by atoms with Gasteiger partial charge in [-0.2, -0.15) is 0 Å². The van der Waals surface area contributed by atoms with Crippen molar-refractivity contribution in [2.75, 3.05) is 25.2 Å². The molecule has 1 atom stereocenters. The second-order valence-electron chi connectivity index (χ2n) is 4.87. The maximum atomic E-state index is 11.3. The standard InChI is InChI=1S/C13H18ClNO3S/c1-18-13-3-2-10(6-12(13)14)7-15-8-11-4-5-19(16,17)9-11/h2-3,6,11,15H,4-5,7-9H2,1H3. The molecule has 1 N–H and O–H groups in total. The molecule has 1 aliphatic rings. The Balaban J connectivity index is 1.81. The van der Waals surface area contributed by atoms with E-state index < -0.39 is 9.84 Å². The molecule has 0 amide bonds. The highest BCUT2D eigenvalue weighted by atomic mass is 35.5. The van der Waals surface area contributed by atoms with Gasteiger partial charge in [0.05, 0.1) is 23.6 Å². The van der Waals surface area contributed by atoms with Crippen molar-refractivity contribution < 1.29 is 13.2 Å². The van der Waals surface area contributed by atoms with Gasteiger partial charge in [0, 0.05) is 6.54 Å². The molecule has 19 heavy (non-hydrogen) atoms. The number of ether oxygens (including phenoxy) is 1. The van der Waals surface area contributed by atoms with Gasteiger partial charge in [-0.1, -0.05) is 17.7 Å². The van der Waals surface area contributed by atoms with Crippen LogP contribution in [0.1, 0.15) is 12.0 Å². The van der Waals surface area contributed by atoms with E-state index >= 15 is 0 Å². The lowest BCUT2D eigenvalue weighted by Gasteiger charge is -2.10. The Kier molecular flexibility index (Phi) is 4.71. The fourth-order valence-electron chi connectivity index (χ4n) is 2.27. The van der Waals surface area contributed by atoms with Crippen molar-refractivity contribution in [2.24, 2.45) is 5.92 Å². The molecule has 106 valence electrons. The fourth-order valence-corrected chi connectivity index (χ4v) is 4.42. The van der Waals surface area contributed by atoms with Crippen LogP contribution in [-0.4, -0.2) is 33.6 Å². The number of hydrogen-bond acceptors (Lipinski definition) is 4. The van der Waals surface area contributed by atoms with E-state index in [0.29, 0.717) is 28.8 Å². The molecule has 1 unspecified atom stereocenters. The molecule has 6 heteroatoms. The molecular weight excluding hydrogens is 286 g/mol. The van der Waals surface area contributed by atoms with E-state index in [1.54, 1.807) is 7.11 Å². The molecule has 1 fully saturated rings. The van der Waals surface area contributed by atoms with E-state index in [9.17, 15) is 8.42 Å². The number of hydrogen-bond donors (Lipinski definition) is 1. The zero-order chi connectivity index (χ0) is 13.9. The minimum absolute atomic E-state index is 0.235. The van der Waals surface area contributed by atoms with Gasteiger partial charge in [-0.15, -0.1) is 0 Å². The minimum Gasteiger partial charge on any atom is -0.495 e. The molecule has 1 aromatic carbocycles. The van der Waals surface area contributed by atoms with Crippen molar-refractivity contribution in [3.05, 3.63) is 28.8 Å². The van der Waals surface area contributed by atoms with Crippen LogP contribution in [0.4, 0.5) is 0 Å². The zero-order valence-electron chi connectivity index (χ0n) is 10.9. The average molecular weight is 304 g/mol. The Hall–Kier alpha value is -0.780. The van der Waals surface area contributed by atoms with Crippen molar-refractivity contribution in [3.63, 3.8) is 0 Å². The first-order chi connectivity index (χ1) is 9.00. The molecular formula is C13H18ClNO3S. The van der Waals surface area contributed by atoms with E-state index in [2.05, 4.69) is 5.32 Å². The van der Waals surface area contributed by atoms with E-state index in [-0.39, 0.29) is 5.92 Å². The van der Waals surface area contributed by atoms with Crippen LogP contribution in [0.2, 0.25) is 5.02 Å². The van der Waals surface area contributed by atoms with Crippen LogP contribution in [0.3, 0.4) is 0 Å². The van der Waals surface area contributed by atoms with Crippen LogP contribution < -0.4 is 10.1 Å². The molecule has 1 aliphatic heterocycles. The Morgan fingerprint density at radius 2 is 2.26 bits per heavy atom. The highest BCUT2D eigenvalue weighted by molar-refractivity contribution is 7.91. The van der Waals surface area contributed by atoms with Gasteiger partial charge in [0.25, 0.3) is 0 Å². The molecule has 0 spiro atoms. The Morgan fingerprint density at radius 3 is 2.84 bits per heavy atom. The molecule has 0 radical (unpaired) electrons. The molecule has 0 aliphatic carbocycles. The summed E-state index contributed by atoms with van der Waals surface area (Å²) in [6, 6.07) is 5.64. The smallest absolute Gasteiger partial charge is 0.150 e. The lowest BCUT2D eigenvalue weighted by atomic mass is 10.1. The lowest BCUT2D eigenvalue weighted by molar-refractivity contribution is 0.414. The first-order valence-corrected chi connectivity index (χ1v) is 8.43. The van der Waals surface area contributed by atoms with Crippen molar-refractivity contribution >= 4 is 21.4 Å². The predicted molar refractivity (Wildman–Crippen MR) is 76.5 cm³/mol. The normalized spacial score (nSPS) is 21.5. The van der Waals surface area contributed by atoms with Crippen LogP contribution in [0.5, 0.6) is 5.75 Å². The van der Waals surface area contributed by atoms with Crippen molar-refractivity contribution in [3.8, 4) is 5.75 Å². The van der Waals surface area contributed by atoms with Gasteiger partial charge in [0.1, 0.15) is 5.75 Å². The van der Waals surface area contributed by atoms with Crippen LogP contribution in [0, 0.1) is 5.92 Å². The number of sulfone groups is 1. The molecule has 0 bridgehead atoms. The Morgan fingerprint density at radius 1 is 1.47 bits per heavy atom. The largest absolute Gasteiger partial charge is 0.495 e. The molecule has 1 aromatic rings. The minimum atomic E-state index is -2.78. The molecule has 1 heterocycles. The first-order valence-electron chi connectivity index (χ1n) is 6.24. The number of methoxy groups -OCH3 is 1. The van der Waals surface area contributed by atoms with Crippen molar-refractivity contribution in [1.82, 2.24) is 5.32 Å². The highest BCUT2D eigenvalue weighted by Gasteiger charge is 2.27. The van der Waals surface area contributed by atoms with Gasteiger partial charge in [0.15, 0.2) is 9.84 Å². The molecule has 0 saturated carbocycles. The van der Waals surface area contributed by atoms with E-state index in [1.165, 1.54) is 0 Å². The fraction of sp³-hybridized carbons (Fsp3) is 0.538. The molecule has 1 saturated heterocycles.